The van der Waals surface area contributed by atoms with E-state index in [1.807, 2.05) is 24.3 Å². The van der Waals surface area contributed by atoms with E-state index in [4.69, 9.17) is 14.3 Å². The molecule has 25 heavy (non-hydrogen) atoms. The van der Waals surface area contributed by atoms with Crippen molar-refractivity contribution in [2.24, 2.45) is 5.16 Å². The highest BCUT2D eigenvalue weighted by Gasteiger charge is 2.28. The molecule has 7 heteroatoms. The van der Waals surface area contributed by atoms with Gasteiger partial charge in [-0.05, 0) is 25.1 Å². The summed E-state index contributed by atoms with van der Waals surface area (Å²) in [6.07, 6.45) is 0.842. The van der Waals surface area contributed by atoms with Crippen LogP contribution in [-0.4, -0.2) is 69.1 Å². The Kier molecular flexibility index (Phi) is 6.25. The lowest BCUT2D eigenvalue weighted by Crippen LogP contribution is -2.39. The van der Waals surface area contributed by atoms with Crippen LogP contribution >= 0.6 is 0 Å². The molecule has 0 spiro atoms. The minimum Gasteiger partial charge on any atom is -0.497 e. The quantitative estimate of drug-likeness (QED) is 0.746. The minimum absolute atomic E-state index is 0.108. The minimum atomic E-state index is -0.551. The molecule has 0 aromatic heterocycles. The standard InChI is InChI=1S/C18H25N3O4/c1-23-15-5-2-4-14(12-15)16-13-17(25-20-16)18(22)19-6-3-7-21-8-10-24-11-9-21/h2,4-5,12,17H,3,6-11,13H2,1H3,(H,19,22)/t17-/m1/s1. The Hall–Kier alpha value is -2.12. The normalized spacial score (nSPS) is 20.7. The van der Waals surface area contributed by atoms with Crippen LogP contribution in [0.25, 0.3) is 0 Å². The van der Waals surface area contributed by atoms with Crippen LogP contribution in [0.2, 0.25) is 0 Å². The van der Waals surface area contributed by atoms with E-state index in [-0.39, 0.29) is 5.91 Å². The Balaban J connectivity index is 1.39. The number of nitrogens with one attached hydrogen (secondary N) is 1. The fourth-order valence-electron chi connectivity index (χ4n) is 2.94. The fraction of sp³-hybridized carbons (Fsp3) is 0.556. The fourth-order valence-corrected chi connectivity index (χ4v) is 2.94. The summed E-state index contributed by atoms with van der Waals surface area (Å²) in [6, 6.07) is 7.60. The van der Waals surface area contributed by atoms with E-state index in [1.54, 1.807) is 7.11 Å². The van der Waals surface area contributed by atoms with Gasteiger partial charge in [0.2, 0.25) is 6.10 Å². The lowest BCUT2D eigenvalue weighted by atomic mass is 10.0. The van der Waals surface area contributed by atoms with Gasteiger partial charge in [-0.2, -0.15) is 0 Å². The molecule has 2 aliphatic rings. The Bertz CT molecular complexity index is 614. The number of ether oxygens (including phenoxy) is 2. The Morgan fingerprint density at radius 1 is 1.40 bits per heavy atom. The first kappa shape index (κ1) is 17.7. The smallest absolute Gasteiger partial charge is 0.264 e. The largest absolute Gasteiger partial charge is 0.497 e. The van der Waals surface area contributed by atoms with Crippen LogP contribution in [0.5, 0.6) is 5.75 Å². The van der Waals surface area contributed by atoms with Crippen LogP contribution in [0.3, 0.4) is 0 Å². The molecular weight excluding hydrogens is 322 g/mol. The van der Waals surface area contributed by atoms with Crippen LogP contribution in [-0.2, 0) is 14.4 Å². The van der Waals surface area contributed by atoms with Crippen LogP contribution in [0, 0.1) is 0 Å². The zero-order valence-corrected chi connectivity index (χ0v) is 14.6. The van der Waals surface area contributed by atoms with Gasteiger partial charge in [0.1, 0.15) is 5.75 Å². The second-order valence-electron chi connectivity index (χ2n) is 6.17. The summed E-state index contributed by atoms with van der Waals surface area (Å²) in [5.41, 5.74) is 1.69. The summed E-state index contributed by atoms with van der Waals surface area (Å²) in [6.45, 7) is 5.15. The highest BCUT2D eigenvalue weighted by molar-refractivity contribution is 6.04. The van der Waals surface area contributed by atoms with Gasteiger partial charge in [0.15, 0.2) is 0 Å². The number of oxime groups is 1. The maximum Gasteiger partial charge on any atom is 0.264 e. The first-order valence-electron chi connectivity index (χ1n) is 8.71. The molecule has 2 aliphatic heterocycles. The second-order valence-corrected chi connectivity index (χ2v) is 6.17. The molecule has 0 radical (unpaired) electrons. The molecule has 0 saturated carbocycles. The number of carbonyl (C=O) groups excluding carboxylic acids is 1. The molecule has 136 valence electrons. The van der Waals surface area contributed by atoms with Crippen molar-refractivity contribution in [2.45, 2.75) is 18.9 Å². The van der Waals surface area contributed by atoms with Crippen molar-refractivity contribution < 1.29 is 19.1 Å². The summed E-state index contributed by atoms with van der Waals surface area (Å²) in [4.78, 5) is 19.9. The maximum absolute atomic E-state index is 12.2. The second kappa shape index (κ2) is 8.82. The van der Waals surface area contributed by atoms with Gasteiger partial charge in [-0.25, -0.2) is 0 Å². The number of methoxy groups -OCH3 is 1. The summed E-state index contributed by atoms with van der Waals surface area (Å²) in [7, 11) is 1.62. The first-order chi connectivity index (χ1) is 12.3. The van der Waals surface area contributed by atoms with Crippen molar-refractivity contribution >= 4 is 11.6 Å². The molecule has 1 aromatic carbocycles. The molecule has 3 rings (SSSR count). The van der Waals surface area contributed by atoms with E-state index in [2.05, 4.69) is 15.4 Å². The van der Waals surface area contributed by atoms with Crippen molar-refractivity contribution in [2.75, 3.05) is 46.5 Å². The SMILES string of the molecule is COc1cccc(C2=NO[C@@H](C(=O)NCCCN3CCOCC3)C2)c1. The molecule has 1 amide bonds. The van der Waals surface area contributed by atoms with Gasteiger partial charge in [0.25, 0.3) is 5.91 Å². The molecule has 1 aromatic rings. The predicted molar refractivity (Wildman–Crippen MR) is 93.9 cm³/mol. The summed E-state index contributed by atoms with van der Waals surface area (Å²) in [5.74, 6) is 0.653. The third-order valence-corrected chi connectivity index (χ3v) is 4.42. The monoisotopic (exact) mass is 347 g/mol. The number of amides is 1. The highest BCUT2D eigenvalue weighted by Crippen LogP contribution is 2.20. The number of hydrogen-bond acceptors (Lipinski definition) is 6. The maximum atomic E-state index is 12.2. The third kappa shape index (κ3) is 4.93. The number of hydrogen-bond donors (Lipinski definition) is 1. The van der Waals surface area contributed by atoms with Gasteiger partial charge in [-0.15, -0.1) is 0 Å². The number of benzene rings is 1. The van der Waals surface area contributed by atoms with E-state index in [1.165, 1.54) is 0 Å². The van der Waals surface area contributed by atoms with Crippen molar-refractivity contribution in [1.29, 1.82) is 0 Å². The lowest BCUT2D eigenvalue weighted by Gasteiger charge is -2.26. The zero-order valence-electron chi connectivity index (χ0n) is 14.6. The average Bonchev–Trinajstić information content (AvgIpc) is 3.16. The summed E-state index contributed by atoms with van der Waals surface area (Å²) < 4.78 is 10.5. The molecule has 1 atom stereocenters. The molecule has 0 bridgehead atoms. The van der Waals surface area contributed by atoms with Gasteiger partial charge < -0.3 is 19.6 Å². The molecule has 0 aliphatic carbocycles. The van der Waals surface area contributed by atoms with Crippen molar-refractivity contribution in [1.82, 2.24) is 10.2 Å². The average molecular weight is 347 g/mol. The topological polar surface area (TPSA) is 72.4 Å². The van der Waals surface area contributed by atoms with E-state index in [0.29, 0.717) is 13.0 Å². The molecule has 0 unspecified atom stereocenters. The van der Waals surface area contributed by atoms with Gasteiger partial charge in [-0.3, -0.25) is 9.69 Å². The van der Waals surface area contributed by atoms with Crippen LogP contribution in [0.15, 0.2) is 29.4 Å². The van der Waals surface area contributed by atoms with Crippen molar-refractivity contribution in [3.63, 3.8) is 0 Å². The molecular formula is C18H25N3O4. The van der Waals surface area contributed by atoms with E-state index in [0.717, 1.165) is 56.3 Å². The number of rotatable bonds is 7. The van der Waals surface area contributed by atoms with Crippen LogP contribution in [0.4, 0.5) is 0 Å². The Labute approximate surface area is 147 Å². The summed E-state index contributed by atoms with van der Waals surface area (Å²) >= 11 is 0. The Morgan fingerprint density at radius 3 is 3.04 bits per heavy atom. The van der Waals surface area contributed by atoms with E-state index in [9.17, 15) is 4.79 Å². The van der Waals surface area contributed by atoms with Crippen molar-refractivity contribution in [3.05, 3.63) is 29.8 Å². The van der Waals surface area contributed by atoms with Crippen LogP contribution < -0.4 is 10.1 Å². The van der Waals surface area contributed by atoms with Gasteiger partial charge in [0.05, 0.1) is 26.0 Å². The van der Waals surface area contributed by atoms with Gasteiger partial charge >= 0.3 is 0 Å². The molecule has 7 nitrogen and oxygen atoms in total. The lowest BCUT2D eigenvalue weighted by molar-refractivity contribution is -0.131. The van der Waals surface area contributed by atoms with Crippen LogP contribution in [0.1, 0.15) is 18.4 Å². The van der Waals surface area contributed by atoms with E-state index >= 15 is 0 Å². The number of morpholine rings is 1. The summed E-state index contributed by atoms with van der Waals surface area (Å²) in [5, 5.41) is 7.00. The number of carbonyl (C=O) groups is 1. The van der Waals surface area contributed by atoms with E-state index < -0.39 is 6.10 Å². The molecule has 2 heterocycles. The highest BCUT2D eigenvalue weighted by atomic mass is 16.6. The van der Waals surface area contributed by atoms with Crippen molar-refractivity contribution in [3.8, 4) is 5.75 Å². The first-order valence-corrected chi connectivity index (χ1v) is 8.71. The predicted octanol–water partition coefficient (Wildman–Crippen LogP) is 1.03. The molecule has 1 saturated heterocycles. The molecule has 1 N–H and O–H groups in total. The Morgan fingerprint density at radius 2 is 2.24 bits per heavy atom. The number of nitrogens with zero attached hydrogens (tertiary/aromatic N) is 2. The third-order valence-electron chi connectivity index (χ3n) is 4.42. The zero-order chi connectivity index (χ0) is 17.5. The van der Waals surface area contributed by atoms with Gasteiger partial charge in [0, 0.05) is 31.6 Å². The van der Waals surface area contributed by atoms with Gasteiger partial charge in [-0.1, -0.05) is 17.3 Å². The molecule has 1 fully saturated rings.